The Morgan fingerprint density at radius 3 is 2.71 bits per heavy atom. The minimum atomic E-state index is 0.0654. The summed E-state index contributed by atoms with van der Waals surface area (Å²) in [4.78, 5) is 6.94. The molecule has 3 heteroatoms. The van der Waals surface area contributed by atoms with Crippen LogP contribution in [-0.4, -0.2) is 17.1 Å². The lowest BCUT2D eigenvalue weighted by Crippen LogP contribution is -2.38. The molecule has 1 atom stereocenters. The minimum Gasteiger partial charge on any atom is -0.365 e. The molecule has 3 nitrogen and oxygen atoms in total. The first-order chi connectivity index (χ1) is 8.04. The van der Waals surface area contributed by atoms with Crippen LogP contribution < -0.4 is 10.6 Å². The quantitative estimate of drug-likeness (QED) is 0.873. The van der Waals surface area contributed by atoms with Crippen molar-refractivity contribution in [2.75, 3.05) is 11.4 Å². The normalized spacial score (nSPS) is 20.6. The number of anilines is 1. The van der Waals surface area contributed by atoms with E-state index >= 15 is 0 Å². The third-order valence-corrected chi connectivity index (χ3v) is 3.80. The van der Waals surface area contributed by atoms with Crippen LogP contribution in [0, 0.1) is 0 Å². The highest BCUT2D eigenvalue weighted by Crippen LogP contribution is 2.33. The number of hydrogen-bond acceptors (Lipinski definition) is 3. The molecule has 0 radical (unpaired) electrons. The van der Waals surface area contributed by atoms with E-state index in [4.69, 9.17) is 5.73 Å². The average molecular weight is 233 g/mol. The van der Waals surface area contributed by atoms with Gasteiger partial charge in [-0.1, -0.05) is 6.92 Å². The van der Waals surface area contributed by atoms with Crippen LogP contribution >= 0.6 is 0 Å². The summed E-state index contributed by atoms with van der Waals surface area (Å²) in [7, 11) is 0. The molecule has 0 aromatic carbocycles. The fraction of sp³-hybridized carbons (Fsp3) is 0.643. The van der Waals surface area contributed by atoms with E-state index < -0.39 is 0 Å². The van der Waals surface area contributed by atoms with E-state index in [0.29, 0.717) is 0 Å². The van der Waals surface area contributed by atoms with E-state index in [-0.39, 0.29) is 11.6 Å². The van der Waals surface area contributed by atoms with Gasteiger partial charge in [-0.25, -0.2) is 0 Å². The molecule has 17 heavy (non-hydrogen) atoms. The summed E-state index contributed by atoms with van der Waals surface area (Å²) < 4.78 is 0. The van der Waals surface area contributed by atoms with Gasteiger partial charge in [0.25, 0.3) is 0 Å². The first-order valence-corrected chi connectivity index (χ1v) is 6.54. The largest absolute Gasteiger partial charge is 0.365 e. The molecule has 0 saturated carbocycles. The van der Waals surface area contributed by atoms with Crippen LogP contribution in [0.4, 0.5) is 5.69 Å². The fourth-order valence-corrected chi connectivity index (χ4v) is 2.57. The van der Waals surface area contributed by atoms with Crippen LogP contribution in [-0.2, 0) is 0 Å². The summed E-state index contributed by atoms with van der Waals surface area (Å²) in [6.07, 6.45) is 5.42. The second-order valence-corrected chi connectivity index (χ2v) is 5.52. The Labute approximate surface area is 104 Å². The number of pyridine rings is 1. The molecule has 1 aromatic heterocycles. The van der Waals surface area contributed by atoms with Crippen LogP contribution in [0.15, 0.2) is 18.3 Å². The predicted molar refractivity (Wildman–Crippen MR) is 72.1 cm³/mol. The van der Waals surface area contributed by atoms with Crippen molar-refractivity contribution in [3.63, 3.8) is 0 Å². The Bertz CT molecular complexity index is 370. The first kappa shape index (κ1) is 12.4. The maximum absolute atomic E-state index is 5.97. The Morgan fingerprint density at radius 1 is 1.47 bits per heavy atom. The van der Waals surface area contributed by atoms with Gasteiger partial charge in [-0.05, 0) is 45.2 Å². The van der Waals surface area contributed by atoms with Crippen LogP contribution in [0.3, 0.4) is 0 Å². The van der Waals surface area contributed by atoms with Crippen molar-refractivity contribution in [2.45, 2.75) is 51.6 Å². The molecule has 0 bridgehead atoms. The Balaban J connectivity index is 2.18. The lowest BCUT2D eigenvalue weighted by Gasteiger charge is -2.33. The third kappa shape index (κ3) is 2.44. The number of nitrogens with zero attached hydrogens (tertiary/aromatic N) is 2. The average Bonchev–Trinajstić information content (AvgIpc) is 2.68. The molecule has 2 rings (SSSR count). The molecule has 1 aliphatic rings. The second-order valence-electron chi connectivity index (χ2n) is 5.52. The van der Waals surface area contributed by atoms with Crippen LogP contribution in [0.5, 0.6) is 0 Å². The molecule has 0 spiro atoms. The molecule has 2 heterocycles. The van der Waals surface area contributed by atoms with Crippen molar-refractivity contribution in [1.82, 2.24) is 4.98 Å². The minimum absolute atomic E-state index is 0.0654. The van der Waals surface area contributed by atoms with E-state index in [9.17, 15) is 0 Å². The smallest absolute Gasteiger partial charge is 0.0572 e. The van der Waals surface area contributed by atoms with Crippen LogP contribution in [0.1, 0.15) is 51.8 Å². The maximum atomic E-state index is 5.97. The SMILES string of the molecule is CC[C@@H](N)c1ccc(N2CCCC2(C)C)cn1. The van der Waals surface area contributed by atoms with Gasteiger partial charge >= 0.3 is 0 Å². The summed E-state index contributed by atoms with van der Waals surface area (Å²) in [5.41, 5.74) is 8.45. The number of rotatable bonds is 3. The van der Waals surface area contributed by atoms with E-state index in [1.165, 1.54) is 18.5 Å². The van der Waals surface area contributed by atoms with E-state index in [1.54, 1.807) is 0 Å². The second kappa shape index (κ2) is 4.65. The monoisotopic (exact) mass is 233 g/mol. The lowest BCUT2D eigenvalue weighted by molar-refractivity contribution is 0.517. The Kier molecular flexibility index (Phi) is 3.38. The first-order valence-electron chi connectivity index (χ1n) is 6.54. The van der Waals surface area contributed by atoms with Gasteiger partial charge in [0.15, 0.2) is 0 Å². The third-order valence-electron chi connectivity index (χ3n) is 3.80. The van der Waals surface area contributed by atoms with Crippen LogP contribution in [0.25, 0.3) is 0 Å². The van der Waals surface area contributed by atoms with Gasteiger partial charge in [0.1, 0.15) is 0 Å². The van der Waals surface area contributed by atoms with Crippen LogP contribution in [0.2, 0.25) is 0 Å². The molecule has 0 aliphatic carbocycles. The van der Waals surface area contributed by atoms with Gasteiger partial charge in [-0.2, -0.15) is 0 Å². The standard InChI is InChI=1S/C14H23N3/c1-4-12(15)13-7-6-11(10-16-13)17-9-5-8-14(17,2)3/h6-7,10,12H,4-5,8-9,15H2,1-3H3/t12-/m1/s1. The topological polar surface area (TPSA) is 42.1 Å². The number of aromatic nitrogens is 1. The fourth-order valence-electron chi connectivity index (χ4n) is 2.57. The highest BCUT2D eigenvalue weighted by molar-refractivity contribution is 5.48. The van der Waals surface area contributed by atoms with Gasteiger partial charge in [-0.15, -0.1) is 0 Å². The predicted octanol–water partition coefficient (Wildman–Crippen LogP) is 2.87. The van der Waals surface area contributed by atoms with Crippen molar-refractivity contribution in [3.8, 4) is 0 Å². The molecular formula is C14H23N3. The van der Waals surface area contributed by atoms with Gasteiger partial charge in [-0.3, -0.25) is 4.98 Å². The van der Waals surface area contributed by atoms with Gasteiger partial charge in [0.2, 0.25) is 0 Å². The van der Waals surface area contributed by atoms with Crippen molar-refractivity contribution in [1.29, 1.82) is 0 Å². The summed E-state index contributed by atoms with van der Waals surface area (Å²) in [6, 6.07) is 4.29. The van der Waals surface area contributed by atoms with Crippen molar-refractivity contribution in [2.24, 2.45) is 5.73 Å². The van der Waals surface area contributed by atoms with Crippen molar-refractivity contribution < 1.29 is 0 Å². The lowest BCUT2D eigenvalue weighted by atomic mass is 10.0. The molecule has 1 aliphatic heterocycles. The Morgan fingerprint density at radius 2 is 2.24 bits per heavy atom. The zero-order valence-electron chi connectivity index (χ0n) is 11.1. The molecule has 94 valence electrons. The number of hydrogen-bond donors (Lipinski definition) is 1. The molecule has 1 fully saturated rings. The summed E-state index contributed by atoms with van der Waals surface area (Å²) in [6.45, 7) is 7.81. The summed E-state index contributed by atoms with van der Waals surface area (Å²) in [5.74, 6) is 0. The molecular weight excluding hydrogens is 210 g/mol. The van der Waals surface area contributed by atoms with Gasteiger partial charge in [0, 0.05) is 18.1 Å². The van der Waals surface area contributed by atoms with E-state index in [1.807, 2.05) is 6.20 Å². The van der Waals surface area contributed by atoms with E-state index in [2.05, 4.69) is 42.8 Å². The summed E-state index contributed by atoms with van der Waals surface area (Å²) in [5, 5.41) is 0. The van der Waals surface area contributed by atoms with Gasteiger partial charge in [0.05, 0.1) is 17.6 Å². The molecule has 1 saturated heterocycles. The molecule has 0 unspecified atom stereocenters. The zero-order chi connectivity index (χ0) is 12.5. The summed E-state index contributed by atoms with van der Waals surface area (Å²) >= 11 is 0. The molecule has 2 N–H and O–H groups in total. The highest BCUT2D eigenvalue weighted by Gasteiger charge is 2.31. The Hall–Kier alpha value is -1.09. The zero-order valence-corrected chi connectivity index (χ0v) is 11.1. The van der Waals surface area contributed by atoms with Crippen molar-refractivity contribution >= 4 is 5.69 Å². The molecule has 1 aromatic rings. The molecule has 0 amide bonds. The van der Waals surface area contributed by atoms with Crippen molar-refractivity contribution in [3.05, 3.63) is 24.0 Å². The van der Waals surface area contributed by atoms with Gasteiger partial charge < -0.3 is 10.6 Å². The van der Waals surface area contributed by atoms with E-state index in [0.717, 1.165) is 18.7 Å². The number of nitrogens with two attached hydrogens (primary N) is 1. The highest BCUT2D eigenvalue weighted by atomic mass is 15.2. The maximum Gasteiger partial charge on any atom is 0.0572 e.